The highest BCUT2D eigenvalue weighted by atomic mass is 19.1. The summed E-state index contributed by atoms with van der Waals surface area (Å²) < 4.78 is 13.0. The Kier molecular flexibility index (Phi) is 5.82. The lowest BCUT2D eigenvalue weighted by Gasteiger charge is -2.25. The minimum atomic E-state index is -0.371. The number of nitrogens with zero attached hydrogens (tertiary/aromatic N) is 1. The predicted octanol–water partition coefficient (Wildman–Crippen LogP) is 4.72. The number of hydrogen-bond acceptors (Lipinski definition) is 2. The fourth-order valence-corrected chi connectivity index (χ4v) is 2.04. The van der Waals surface area contributed by atoms with Crippen LogP contribution in [0.2, 0.25) is 0 Å². The zero-order valence-electron chi connectivity index (χ0n) is 12.1. The van der Waals surface area contributed by atoms with E-state index in [4.69, 9.17) is 5.26 Å². The zero-order chi connectivity index (χ0) is 14.3. The molecule has 2 nitrogen and oxygen atoms in total. The third kappa shape index (κ3) is 5.30. The summed E-state index contributed by atoms with van der Waals surface area (Å²) in [5, 5.41) is 12.3. The van der Waals surface area contributed by atoms with Gasteiger partial charge in [-0.15, -0.1) is 0 Å². The van der Waals surface area contributed by atoms with E-state index in [1.807, 2.05) is 6.07 Å². The van der Waals surface area contributed by atoms with Gasteiger partial charge in [-0.05, 0) is 30.0 Å². The normalized spacial score (nSPS) is 11.1. The summed E-state index contributed by atoms with van der Waals surface area (Å²) in [5.74, 6) is -0.371. The van der Waals surface area contributed by atoms with Crippen LogP contribution in [0.5, 0.6) is 0 Å². The summed E-state index contributed by atoms with van der Waals surface area (Å²) in [7, 11) is 0. The lowest BCUT2D eigenvalue weighted by atomic mass is 9.86. The average molecular weight is 262 g/mol. The number of hydrogen-bond donors (Lipinski definition) is 1. The lowest BCUT2D eigenvalue weighted by Crippen LogP contribution is -2.23. The van der Waals surface area contributed by atoms with Crippen LogP contribution >= 0.6 is 0 Å². The van der Waals surface area contributed by atoms with Crippen molar-refractivity contribution in [1.82, 2.24) is 0 Å². The third-order valence-corrected chi connectivity index (χ3v) is 3.32. The molecule has 0 saturated heterocycles. The van der Waals surface area contributed by atoms with E-state index >= 15 is 0 Å². The van der Waals surface area contributed by atoms with Crippen LogP contribution in [-0.4, -0.2) is 6.54 Å². The Morgan fingerprint density at radius 2 is 2.05 bits per heavy atom. The van der Waals surface area contributed by atoms with Gasteiger partial charge in [0.2, 0.25) is 0 Å². The Hall–Kier alpha value is -1.56. The Labute approximate surface area is 115 Å². The lowest BCUT2D eigenvalue weighted by molar-refractivity contribution is 0.342. The van der Waals surface area contributed by atoms with Gasteiger partial charge in [0.05, 0.1) is 11.3 Å². The van der Waals surface area contributed by atoms with Gasteiger partial charge in [-0.25, -0.2) is 4.39 Å². The van der Waals surface area contributed by atoms with E-state index in [1.165, 1.54) is 31.4 Å². The quantitative estimate of drug-likeness (QED) is 0.722. The molecule has 1 N–H and O–H groups in total. The molecule has 0 spiro atoms. The largest absolute Gasteiger partial charge is 0.383 e. The minimum Gasteiger partial charge on any atom is -0.383 e. The van der Waals surface area contributed by atoms with Crippen molar-refractivity contribution < 1.29 is 4.39 Å². The summed E-state index contributed by atoms with van der Waals surface area (Å²) in [6, 6.07) is 6.31. The summed E-state index contributed by atoms with van der Waals surface area (Å²) >= 11 is 0. The van der Waals surface area contributed by atoms with Crippen LogP contribution in [0, 0.1) is 22.6 Å². The van der Waals surface area contributed by atoms with Gasteiger partial charge in [-0.1, -0.05) is 40.0 Å². The van der Waals surface area contributed by atoms with Crippen molar-refractivity contribution in [2.75, 3.05) is 11.9 Å². The maximum absolute atomic E-state index is 13.0. The van der Waals surface area contributed by atoms with Crippen LogP contribution in [0.1, 0.15) is 52.0 Å². The first-order valence-corrected chi connectivity index (χ1v) is 6.92. The second kappa shape index (κ2) is 7.13. The van der Waals surface area contributed by atoms with Crippen LogP contribution in [-0.2, 0) is 0 Å². The van der Waals surface area contributed by atoms with Crippen molar-refractivity contribution >= 4 is 5.69 Å². The molecule has 0 amide bonds. The first-order chi connectivity index (χ1) is 8.98. The van der Waals surface area contributed by atoms with E-state index in [0.717, 1.165) is 13.0 Å². The topological polar surface area (TPSA) is 35.8 Å². The smallest absolute Gasteiger partial charge is 0.124 e. The van der Waals surface area contributed by atoms with E-state index in [1.54, 1.807) is 6.07 Å². The molecule has 0 fully saturated rings. The first-order valence-electron chi connectivity index (χ1n) is 6.92. The standard InChI is InChI=1S/C16H23FN2/c1-4-5-6-9-16(2,3)12-19-15-8-7-14(17)10-13(15)11-18/h7-8,10,19H,4-6,9,12H2,1-3H3. The number of halogens is 1. The maximum Gasteiger partial charge on any atom is 0.124 e. The SMILES string of the molecule is CCCCCC(C)(C)CNc1ccc(F)cc1C#N. The Morgan fingerprint density at radius 1 is 1.32 bits per heavy atom. The van der Waals surface area contributed by atoms with Crippen molar-refractivity contribution in [3.63, 3.8) is 0 Å². The molecule has 0 saturated carbocycles. The van der Waals surface area contributed by atoms with Crippen molar-refractivity contribution in [1.29, 1.82) is 5.26 Å². The molecular formula is C16H23FN2. The molecule has 0 atom stereocenters. The highest BCUT2D eigenvalue weighted by Gasteiger charge is 2.17. The summed E-state index contributed by atoms with van der Waals surface area (Å²) in [4.78, 5) is 0. The van der Waals surface area contributed by atoms with Gasteiger partial charge in [0.25, 0.3) is 0 Å². The molecule has 3 heteroatoms. The van der Waals surface area contributed by atoms with Crippen molar-refractivity contribution in [3.05, 3.63) is 29.6 Å². The van der Waals surface area contributed by atoms with Crippen molar-refractivity contribution in [3.8, 4) is 6.07 Å². The van der Waals surface area contributed by atoms with E-state index in [-0.39, 0.29) is 11.2 Å². The second-order valence-corrected chi connectivity index (χ2v) is 5.78. The molecule has 1 rings (SSSR count). The molecule has 104 valence electrons. The van der Waals surface area contributed by atoms with Gasteiger partial charge in [0.1, 0.15) is 11.9 Å². The molecular weight excluding hydrogens is 239 g/mol. The fourth-order valence-electron chi connectivity index (χ4n) is 2.04. The van der Waals surface area contributed by atoms with Crippen LogP contribution in [0.25, 0.3) is 0 Å². The van der Waals surface area contributed by atoms with Gasteiger partial charge in [0, 0.05) is 6.54 Å². The van der Waals surface area contributed by atoms with Crippen LogP contribution in [0.4, 0.5) is 10.1 Å². The highest BCUT2D eigenvalue weighted by Crippen LogP contribution is 2.25. The van der Waals surface area contributed by atoms with Crippen LogP contribution in [0.3, 0.4) is 0 Å². The molecule has 0 unspecified atom stereocenters. The van der Waals surface area contributed by atoms with Crippen molar-refractivity contribution in [2.24, 2.45) is 5.41 Å². The molecule has 0 bridgehead atoms. The Morgan fingerprint density at radius 3 is 2.68 bits per heavy atom. The van der Waals surface area contributed by atoms with E-state index < -0.39 is 0 Å². The van der Waals surface area contributed by atoms with E-state index in [9.17, 15) is 4.39 Å². The maximum atomic E-state index is 13.0. The molecule has 0 aromatic heterocycles. The second-order valence-electron chi connectivity index (χ2n) is 5.78. The molecule has 0 aliphatic heterocycles. The summed E-state index contributed by atoms with van der Waals surface area (Å²) in [5.41, 5.74) is 1.26. The van der Waals surface area contributed by atoms with Crippen molar-refractivity contribution in [2.45, 2.75) is 46.5 Å². The molecule has 19 heavy (non-hydrogen) atoms. The first kappa shape index (κ1) is 15.5. The summed E-state index contributed by atoms with van der Waals surface area (Å²) in [6.07, 6.45) is 4.85. The Bertz CT molecular complexity index is 447. The number of nitrogens with one attached hydrogen (secondary N) is 1. The number of anilines is 1. The fraction of sp³-hybridized carbons (Fsp3) is 0.562. The minimum absolute atomic E-state index is 0.177. The molecule has 1 aromatic rings. The third-order valence-electron chi connectivity index (χ3n) is 3.32. The van der Waals surface area contributed by atoms with E-state index in [2.05, 4.69) is 26.1 Å². The van der Waals surface area contributed by atoms with Crippen LogP contribution < -0.4 is 5.32 Å². The predicted molar refractivity (Wildman–Crippen MR) is 77.5 cm³/mol. The number of rotatable bonds is 7. The summed E-state index contributed by atoms with van der Waals surface area (Å²) in [6.45, 7) is 7.41. The zero-order valence-corrected chi connectivity index (χ0v) is 12.1. The molecule has 0 radical (unpaired) electrons. The monoisotopic (exact) mass is 262 g/mol. The van der Waals surface area contributed by atoms with E-state index in [0.29, 0.717) is 11.3 Å². The number of unbranched alkanes of at least 4 members (excludes halogenated alkanes) is 2. The molecule has 1 aromatic carbocycles. The molecule has 0 aliphatic rings. The van der Waals surface area contributed by atoms with Gasteiger partial charge < -0.3 is 5.32 Å². The number of nitriles is 1. The van der Waals surface area contributed by atoms with Gasteiger partial charge in [-0.3, -0.25) is 0 Å². The highest BCUT2D eigenvalue weighted by molar-refractivity contribution is 5.57. The van der Waals surface area contributed by atoms with Gasteiger partial charge in [0.15, 0.2) is 0 Å². The average Bonchev–Trinajstić information content (AvgIpc) is 2.37. The van der Waals surface area contributed by atoms with Gasteiger partial charge >= 0.3 is 0 Å². The Balaban J connectivity index is 2.59. The van der Waals surface area contributed by atoms with Crippen LogP contribution in [0.15, 0.2) is 18.2 Å². The number of benzene rings is 1. The molecule has 0 aliphatic carbocycles. The molecule has 0 heterocycles. The van der Waals surface area contributed by atoms with Gasteiger partial charge in [-0.2, -0.15) is 5.26 Å².